The number of nitrogens with zero attached hydrogens (tertiary/aromatic N) is 2. The molecule has 3 rings (SSSR count). The third-order valence-corrected chi connectivity index (χ3v) is 4.02. The number of carbonyl (C=O) groups excluding carboxylic acids is 1. The molecule has 1 aliphatic carbocycles. The highest BCUT2D eigenvalue weighted by atomic mass is 16.1. The van der Waals surface area contributed by atoms with E-state index in [9.17, 15) is 9.59 Å². The van der Waals surface area contributed by atoms with Crippen molar-refractivity contribution in [1.29, 1.82) is 0 Å². The van der Waals surface area contributed by atoms with Gasteiger partial charge in [0.2, 0.25) is 0 Å². The van der Waals surface area contributed by atoms with Crippen molar-refractivity contribution in [2.75, 3.05) is 7.05 Å². The van der Waals surface area contributed by atoms with Crippen LogP contribution in [0.2, 0.25) is 0 Å². The zero-order valence-corrected chi connectivity index (χ0v) is 12.6. The van der Waals surface area contributed by atoms with Crippen LogP contribution in [0.5, 0.6) is 0 Å². The fourth-order valence-corrected chi connectivity index (χ4v) is 2.84. The Morgan fingerprint density at radius 1 is 1.27 bits per heavy atom. The second-order valence-electron chi connectivity index (χ2n) is 5.60. The molecule has 0 fully saturated rings. The summed E-state index contributed by atoms with van der Waals surface area (Å²) >= 11 is 0. The number of hydrogen-bond donors (Lipinski definition) is 1. The average molecular weight is 297 g/mol. The predicted molar refractivity (Wildman–Crippen MR) is 84.1 cm³/mol. The van der Waals surface area contributed by atoms with Gasteiger partial charge in [0.1, 0.15) is 0 Å². The van der Waals surface area contributed by atoms with Gasteiger partial charge >= 0.3 is 0 Å². The van der Waals surface area contributed by atoms with Crippen LogP contribution >= 0.6 is 0 Å². The van der Waals surface area contributed by atoms with Gasteiger partial charge in [0.25, 0.3) is 11.5 Å². The van der Waals surface area contributed by atoms with E-state index in [1.54, 1.807) is 25.2 Å². The van der Waals surface area contributed by atoms with Crippen molar-refractivity contribution in [1.82, 2.24) is 15.1 Å². The highest BCUT2D eigenvalue weighted by molar-refractivity contribution is 5.94. The van der Waals surface area contributed by atoms with Gasteiger partial charge in [0.15, 0.2) is 0 Å². The summed E-state index contributed by atoms with van der Waals surface area (Å²) in [7, 11) is 1.60. The van der Waals surface area contributed by atoms with E-state index in [1.807, 2.05) is 12.1 Å². The zero-order chi connectivity index (χ0) is 15.5. The first-order valence-corrected chi connectivity index (χ1v) is 7.58. The Hall–Kier alpha value is -2.43. The summed E-state index contributed by atoms with van der Waals surface area (Å²) in [5, 5.41) is 7.11. The number of aromatic nitrogens is 2. The number of rotatable bonds is 3. The summed E-state index contributed by atoms with van der Waals surface area (Å²) in [6, 6.07) is 8.99. The fourth-order valence-electron chi connectivity index (χ4n) is 2.84. The molecule has 0 atom stereocenters. The van der Waals surface area contributed by atoms with Crippen LogP contribution in [-0.4, -0.2) is 22.7 Å². The third-order valence-electron chi connectivity index (χ3n) is 4.02. The summed E-state index contributed by atoms with van der Waals surface area (Å²) < 4.78 is 1.49. The maximum atomic E-state index is 12.2. The SMILES string of the molecule is CNC(=O)c1cccc(Cn2nc3c(cc2=O)CCCC3)c1. The molecule has 5 nitrogen and oxygen atoms in total. The monoisotopic (exact) mass is 297 g/mol. The molecule has 1 N–H and O–H groups in total. The van der Waals surface area contributed by atoms with Crippen molar-refractivity contribution in [2.24, 2.45) is 0 Å². The molecular weight excluding hydrogens is 278 g/mol. The number of carbonyl (C=O) groups is 1. The van der Waals surface area contributed by atoms with Crippen LogP contribution in [0.4, 0.5) is 0 Å². The second kappa shape index (κ2) is 6.13. The lowest BCUT2D eigenvalue weighted by atomic mass is 9.97. The first-order valence-electron chi connectivity index (χ1n) is 7.58. The van der Waals surface area contributed by atoms with Gasteiger partial charge in [-0.1, -0.05) is 12.1 Å². The van der Waals surface area contributed by atoms with Crippen molar-refractivity contribution >= 4 is 5.91 Å². The van der Waals surface area contributed by atoms with E-state index in [2.05, 4.69) is 10.4 Å². The van der Waals surface area contributed by atoms with E-state index in [0.717, 1.165) is 42.5 Å². The molecule has 0 saturated heterocycles. The van der Waals surface area contributed by atoms with E-state index in [4.69, 9.17) is 0 Å². The summed E-state index contributed by atoms with van der Waals surface area (Å²) in [5.41, 5.74) is 3.53. The van der Waals surface area contributed by atoms with Gasteiger partial charge in [-0.15, -0.1) is 0 Å². The molecule has 2 aromatic rings. The van der Waals surface area contributed by atoms with Crippen molar-refractivity contribution in [2.45, 2.75) is 32.2 Å². The lowest BCUT2D eigenvalue weighted by Gasteiger charge is -2.16. The van der Waals surface area contributed by atoms with Gasteiger partial charge in [0, 0.05) is 18.7 Å². The highest BCUT2D eigenvalue weighted by Gasteiger charge is 2.13. The Bertz CT molecular complexity index is 765. The number of hydrogen-bond acceptors (Lipinski definition) is 3. The number of aryl methyl sites for hydroxylation is 2. The Labute approximate surface area is 129 Å². The van der Waals surface area contributed by atoms with E-state index >= 15 is 0 Å². The summed E-state index contributed by atoms with van der Waals surface area (Å²) in [6.45, 7) is 0.386. The quantitative estimate of drug-likeness (QED) is 0.934. The molecule has 22 heavy (non-hydrogen) atoms. The molecule has 1 aromatic carbocycles. The number of fused-ring (bicyclic) bond motifs is 1. The van der Waals surface area contributed by atoms with E-state index in [-0.39, 0.29) is 11.5 Å². The molecule has 0 spiro atoms. The molecule has 5 heteroatoms. The first-order chi connectivity index (χ1) is 10.7. The summed E-state index contributed by atoms with van der Waals surface area (Å²) in [4.78, 5) is 23.9. The lowest BCUT2D eigenvalue weighted by Crippen LogP contribution is -2.27. The van der Waals surface area contributed by atoms with Crippen LogP contribution in [0.1, 0.15) is 40.0 Å². The van der Waals surface area contributed by atoms with E-state index < -0.39 is 0 Å². The standard InChI is InChI=1S/C17H19N3O2/c1-18-17(22)14-7-4-5-12(9-14)11-20-16(21)10-13-6-2-3-8-15(13)19-20/h4-5,7,9-10H,2-3,6,8,11H2,1H3,(H,18,22). The molecule has 1 amide bonds. The maximum absolute atomic E-state index is 12.2. The van der Waals surface area contributed by atoms with Gasteiger partial charge in [-0.05, 0) is 48.9 Å². The summed E-state index contributed by atoms with van der Waals surface area (Å²) in [6.07, 6.45) is 4.15. The molecule has 0 bridgehead atoms. The molecule has 1 heterocycles. The Kier molecular flexibility index (Phi) is 4.04. The average Bonchev–Trinajstić information content (AvgIpc) is 2.55. The third kappa shape index (κ3) is 2.93. The molecule has 114 valence electrons. The lowest BCUT2D eigenvalue weighted by molar-refractivity contribution is 0.0963. The number of nitrogens with one attached hydrogen (secondary N) is 1. The minimum Gasteiger partial charge on any atom is -0.355 e. The Morgan fingerprint density at radius 2 is 2.09 bits per heavy atom. The Balaban J connectivity index is 1.90. The zero-order valence-electron chi connectivity index (χ0n) is 12.6. The molecule has 0 unspecified atom stereocenters. The molecule has 0 saturated carbocycles. The van der Waals surface area contributed by atoms with Gasteiger partial charge in [-0.3, -0.25) is 9.59 Å². The van der Waals surface area contributed by atoms with Gasteiger partial charge in [-0.2, -0.15) is 5.10 Å². The Morgan fingerprint density at radius 3 is 2.91 bits per heavy atom. The van der Waals surface area contributed by atoms with E-state index in [1.165, 1.54) is 4.68 Å². The van der Waals surface area contributed by atoms with Crippen molar-refractivity contribution < 1.29 is 4.79 Å². The first kappa shape index (κ1) is 14.5. The van der Waals surface area contributed by atoms with Crippen molar-refractivity contribution in [3.63, 3.8) is 0 Å². The van der Waals surface area contributed by atoms with Gasteiger partial charge in [-0.25, -0.2) is 4.68 Å². The topological polar surface area (TPSA) is 64.0 Å². The minimum absolute atomic E-state index is 0.0778. The van der Waals surface area contributed by atoms with Crippen LogP contribution in [0, 0.1) is 0 Å². The van der Waals surface area contributed by atoms with Crippen LogP contribution in [-0.2, 0) is 19.4 Å². The molecular formula is C17H19N3O2. The molecule has 1 aromatic heterocycles. The van der Waals surface area contributed by atoms with Crippen LogP contribution in [0.25, 0.3) is 0 Å². The molecule has 1 aliphatic rings. The number of amides is 1. The minimum atomic E-state index is -0.132. The fraction of sp³-hybridized carbons (Fsp3) is 0.353. The normalized spacial score (nSPS) is 13.5. The highest BCUT2D eigenvalue weighted by Crippen LogP contribution is 2.17. The smallest absolute Gasteiger partial charge is 0.267 e. The largest absolute Gasteiger partial charge is 0.355 e. The van der Waals surface area contributed by atoms with Gasteiger partial charge in [0.05, 0.1) is 12.2 Å². The van der Waals surface area contributed by atoms with Crippen LogP contribution < -0.4 is 10.9 Å². The molecule has 0 radical (unpaired) electrons. The second-order valence-corrected chi connectivity index (χ2v) is 5.60. The maximum Gasteiger partial charge on any atom is 0.267 e. The van der Waals surface area contributed by atoms with Crippen molar-refractivity contribution in [3.05, 3.63) is 63.1 Å². The van der Waals surface area contributed by atoms with Crippen LogP contribution in [0.3, 0.4) is 0 Å². The predicted octanol–water partition coefficient (Wildman–Crippen LogP) is 1.53. The van der Waals surface area contributed by atoms with Gasteiger partial charge < -0.3 is 5.32 Å². The van der Waals surface area contributed by atoms with Crippen molar-refractivity contribution in [3.8, 4) is 0 Å². The van der Waals surface area contributed by atoms with Crippen LogP contribution in [0.15, 0.2) is 35.1 Å². The molecule has 0 aliphatic heterocycles. The number of benzene rings is 1. The summed E-state index contributed by atoms with van der Waals surface area (Å²) in [5.74, 6) is -0.132. The van der Waals surface area contributed by atoms with E-state index in [0.29, 0.717) is 12.1 Å².